The van der Waals surface area contributed by atoms with Crippen LogP contribution in [0, 0.1) is 13.8 Å². The van der Waals surface area contributed by atoms with Crippen LogP contribution in [-0.2, 0) is 20.9 Å². The number of benzene rings is 1. The second-order valence-electron chi connectivity index (χ2n) is 7.65. The molecule has 190 valence electrons. The topological polar surface area (TPSA) is 101 Å². The minimum Gasteiger partial charge on any atom is -0.496 e. The second-order valence-corrected chi connectivity index (χ2v) is 9.74. The summed E-state index contributed by atoms with van der Waals surface area (Å²) >= 11 is 5.61. The molecule has 3 aromatic rings. The number of hydrogen-bond donors (Lipinski definition) is 2. The number of carbonyl (C=O) groups is 1. The number of alkyl halides is 3. The Kier molecular flexibility index (Phi) is 7.65. The number of sulfonamides is 1. The van der Waals surface area contributed by atoms with Gasteiger partial charge in [-0.05, 0) is 55.8 Å². The molecule has 0 aliphatic rings. The van der Waals surface area contributed by atoms with Crippen LogP contribution in [0.5, 0.6) is 0 Å². The van der Waals surface area contributed by atoms with E-state index in [1.165, 1.54) is 25.4 Å². The van der Waals surface area contributed by atoms with Crippen molar-refractivity contribution in [2.75, 3.05) is 11.8 Å². The Morgan fingerprint density at radius 1 is 1.22 bits per heavy atom. The molecule has 0 aliphatic carbocycles. The van der Waals surface area contributed by atoms with Crippen molar-refractivity contribution in [2.45, 2.75) is 24.9 Å². The van der Waals surface area contributed by atoms with Gasteiger partial charge in [0.2, 0.25) is 5.78 Å². The number of aromatic nitrogens is 2. The third-order valence-electron chi connectivity index (χ3n) is 5.14. The van der Waals surface area contributed by atoms with E-state index in [0.717, 1.165) is 12.1 Å². The van der Waals surface area contributed by atoms with Gasteiger partial charge >= 0.3 is 6.18 Å². The smallest absolute Gasteiger partial charge is 0.417 e. The molecule has 0 saturated heterocycles. The predicted molar refractivity (Wildman–Crippen MR) is 130 cm³/mol. The van der Waals surface area contributed by atoms with Gasteiger partial charge in [-0.25, -0.2) is 8.42 Å². The van der Waals surface area contributed by atoms with Crippen LogP contribution >= 0.6 is 11.6 Å². The number of anilines is 1. The van der Waals surface area contributed by atoms with Gasteiger partial charge in [-0.1, -0.05) is 18.2 Å². The number of halogens is 4. The number of Topliss-reactive ketones (excluding diaryl/α,β-unsaturated/α-hetero) is 1. The van der Waals surface area contributed by atoms with E-state index in [9.17, 15) is 26.4 Å². The first-order valence-electron chi connectivity index (χ1n) is 10.3. The predicted octanol–water partition coefficient (Wildman–Crippen LogP) is 5.93. The highest BCUT2D eigenvalue weighted by atomic mass is 35.5. The first-order valence-corrected chi connectivity index (χ1v) is 12.1. The molecule has 0 bridgehead atoms. The summed E-state index contributed by atoms with van der Waals surface area (Å²) in [6.45, 7) is 7.00. The number of allylic oxidation sites excluding steroid dienone is 2. The Morgan fingerprint density at radius 3 is 2.47 bits per heavy atom. The molecule has 2 aromatic heterocycles. The largest absolute Gasteiger partial charge is 0.496 e. The van der Waals surface area contributed by atoms with Crippen molar-refractivity contribution >= 4 is 38.7 Å². The highest BCUT2D eigenvalue weighted by Gasteiger charge is 2.35. The van der Waals surface area contributed by atoms with E-state index in [-0.39, 0.29) is 22.7 Å². The van der Waals surface area contributed by atoms with Crippen LogP contribution in [0.25, 0.3) is 5.57 Å². The zero-order valence-corrected chi connectivity index (χ0v) is 20.9. The number of rotatable bonds is 8. The number of aromatic amines is 1. The minimum absolute atomic E-state index is 0.0638. The number of H-pyrrole nitrogens is 1. The molecule has 0 spiro atoms. The quantitative estimate of drug-likeness (QED) is 0.160. The number of methoxy groups -OCH3 is 1. The lowest BCUT2D eigenvalue weighted by molar-refractivity contribution is -0.137. The molecule has 0 fully saturated rings. The van der Waals surface area contributed by atoms with Crippen LogP contribution in [-0.4, -0.2) is 31.3 Å². The lowest BCUT2D eigenvalue weighted by atomic mass is 9.97. The van der Waals surface area contributed by atoms with Crippen LogP contribution in [0.15, 0.2) is 66.0 Å². The van der Waals surface area contributed by atoms with Crippen molar-refractivity contribution in [3.8, 4) is 0 Å². The maximum Gasteiger partial charge on any atom is 0.417 e. The van der Waals surface area contributed by atoms with Gasteiger partial charge in [0.1, 0.15) is 11.5 Å². The number of nitrogens with zero attached hydrogens (tertiary/aromatic N) is 1. The third-order valence-corrected chi connectivity index (χ3v) is 6.83. The number of carbonyl (C=O) groups excluding carboxylic acids is 1. The molecule has 0 amide bonds. The van der Waals surface area contributed by atoms with Gasteiger partial charge in [0.05, 0.1) is 33.9 Å². The van der Waals surface area contributed by atoms with Crippen molar-refractivity contribution < 1.29 is 31.1 Å². The SMILES string of the molecule is C=C/C(OC)=C(/C(=O)c1ncc(C)cc1NS(=O)(=O)c1ccc(Cl)c(C(F)(F)F)c1)c1cc[nH]c1C. The van der Waals surface area contributed by atoms with Gasteiger partial charge in [-0.15, -0.1) is 0 Å². The molecule has 36 heavy (non-hydrogen) atoms. The normalized spacial score (nSPS) is 12.6. The summed E-state index contributed by atoms with van der Waals surface area (Å²) in [5.74, 6) is -0.578. The standard InChI is InChI=1S/C24H21ClF3N3O4S/c1-5-20(35-4)21(16-8-9-29-14(16)3)23(32)22-19(10-13(2)12-30-22)31-36(33,34)15-6-7-18(25)17(11-15)24(26,27)28/h5-12,29,31H,1H2,2-4H3/b21-20-. The molecule has 0 aliphatic heterocycles. The number of hydrogen-bond acceptors (Lipinski definition) is 5. The zero-order chi connectivity index (χ0) is 26.8. The summed E-state index contributed by atoms with van der Waals surface area (Å²) in [4.78, 5) is 20.1. The molecule has 0 atom stereocenters. The average molecular weight is 540 g/mol. The van der Waals surface area contributed by atoms with Gasteiger partial charge in [0.15, 0.2) is 0 Å². The Morgan fingerprint density at radius 2 is 1.92 bits per heavy atom. The van der Waals surface area contributed by atoms with Crippen LogP contribution < -0.4 is 4.72 Å². The molecule has 0 saturated carbocycles. The molecule has 3 rings (SSSR count). The Bertz CT molecular complexity index is 1480. The third kappa shape index (κ3) is 5.47. The first kappa shape index (κ1) is 27.0. The highest BCUT2D eigenvalue weighted by Crippen LogP contribution is 2.36. The van der Waals surface area contributed by atoms with E-state index in [1.807, 2.05) is 0 Å². The number of pyridine rings is 1. The van der Waals surface area contributed by atoms with E-state index < -0.39 is 37.5 Å². The van der Waals surface area contributed by atoms with Crippen molar-refractivity contribution in [3.05, 3.63) is 94.2 Å². The van der Waals surface area contributed by atoms with Gasteiger partial charge in [-0.3, -0.25) is 14.5 Å². The van der Waals surface area contributed by atoms with E-state index >= 15 is 0 Å². The fourth-order valence-corrected chi connectivity index (χ4v) is 4.72. The van der Waals surface area contributed by atoms with Crippen molar-refractivity contribution in [2.24, 2.45) is 0 Å². The fourth-order valence-electron chi connectivity index (χ4n) is 3.42. The molecule has 12 heteroatoms. The van der Waals surface area contributed by atoms with Crippen LogP contribution in [0.1, 0.15) is 32.9 Å². The lowest BCUT2D eigenvalue weighted by Crippen LogP contribution is -2.19. The molecule has 2 N–H and O–H groups in total. The molecule has 0 radical (unpaired) electrons. The first-order chi connectivity index (χ1) is 16.8. The maximum atomic E-state index is 13.7. The van der Waals surface area contributed by atoms with Gasteiger partial charge < -0.3 is 9.72 Å². The van der Waals surface area contributed by atoms with Gasteiger partial charge in [0, 0.05) is 23.7 Å². The van der Waals surface area contributed by atoms with Crippen LogP contribution in [0.3, 0.4) is 0 Å². The van der Waals surface area contributed by atoms with E-state index in [1.54, 1.807) is 26.1 Å². The highest BCUT2D eigenvalue weighted by molar-refractivity contribution is 7.92. The van der Waals surface area contributed by atoms with Gasteiger partial charge in [0.25, 0.3) is 10.0 Å². The number of ketones is 1. The fraction of sp³-hybridized carbons (Fsp3) is 0.167. The summed E-state index contributed by atoms with van der Waals surface area (Å²) in [6, 6.07) is 5.17. The van der Waals surface area contributed by atoms with Crippen LogP contribution in [0.2, 0.25) is 5.02 Å². The molecular formula is C24H21ClF3N3O4S. The van der Waals surface area contributed by atoms with E-state index in [4.69, 9.17) is 16.3 Å². The zero-order valence-electron chi connectivity index (χ0n) is 19.3. The molecule has 2 heterocycles. The Labute approximate surface area is 210 Å². The summed E-state index contributed by atoms with van der Waals surface area (Å²) in [5, 5.41) is -0.650. The number of aryl methyl sites for hydroxylation is 2. The second kappa shape index (κ2) is 10.2. The summed E-state index contributed by atoms with van der Waals surface area (Å²) in [6.07, 6.45) is -0.579. The monoisotopic (exact) mass is 539 g/mol. The Balaban J connectivity index is 2.15. The molecular weight excluding hydrogens is 519 g/mol. The Hall–Kier alpha value is -3.57. The van der Waals surface area contributed by atoms with Gasteiger partial charge in [-0.2, -0.15) is 13.2 Å². The number of nitrogens with one attached hydrogen (secondary N) is 2. The summed E-state index contributed by atoms with van der Waals surface area (Å²) < 4.78 is 73.5. The van der Waals surface area contributed by atoms with E-state index in [2.05, 4.69) is 21.3 Å². The van der Waals surface area contributed by atoms with E-state index in [0.29, 0.717) is 22.9 Å². The molecule has 0 unspecified atom stereocenters. The minimum atomic E-state index is -4.87. The van der Waals surface area contributed by atoms with Crippen molar-refractivity contribution in [1.29, 1.82) is 0 Å². The summed E-state index contributed by atoms with van der Waals surface area (Å²) in [5.41, 5.74) is -0.168. The lowest BCUT2D eigenvalue weighted by Gasteiger charge is -2.16. The van der Waals surface area contributed by atoms with Crippen molar-refractivity contribution in [1.82, 2.24) is 9.97 Å². The maximum absolute atomic E-state index is 13.7. The van der Waals surface area contributed by atoms with Crippen molar-refractivity contribution in [3.63, 3.8) is 0 Å². The van der Waals surface area contributed by atoms with Crippen LogP contribution in [0.4, 0.5) is 18.9 Å². The number of ether oxygens (including phenoxy) is 1. The molecule has 7 nitrogen and oxygen atoms in total. The average Bonchev–Trinajstić information content (AvgIpc) is 3.21. The molecule has 1 aromatic carbocycles. The summed E-state index contributed by atoms with van der Waals surface area (Å²) in [7, 11) is -3.23.